The quantitative estimate of drug-likeness (QED) is 0.337. The zero-order valence-electron chi connectivity index (χ0n) is 15.6. The number of Topliss-reactive ketones (excluding diaryl/α,β-unsaturated/α-hetero) is 1. The van der Waals surface area contributed by atoms with Crippen LogP contribution in [0.1, 0.15) is 32.6 Å². The molecule has 0 aliphatic rings. The number of hydrogen-bond acceptors (Lipinski definition) is 7. The van der Waals surface area contributed by atoms with Gasteiger partial charge in [0.25, 0.3) is 0 Å². The van der Waals surface area contributed by atoms with E-state index in [1.807, 2.05) is 0 Å². The Morgan fingerprint density at radius 1 is 0.920 bits per heavy atom. The molecule has 3 N–H and O–H groups in total. The minimum Gasteiger partial charge on any atom is -0.382 e. The second kappa shape index (κ2) is 17.8. The fraction of sp³-hybridized carbons (Fsp3) is 0.882. The maximum atomic E-state index is 11.6. The summed E-state index contributed by atoms with van der Waals surface area (Å²) < 4.78 is 20.8. The number of methoxy groups -OCH3 is 1. The van der Waals surface area contributed by atoms with E-state index in [4.69, 9.17) is 24.7 Å². The average Bonchev–Trinajstić information content (AvgIpc) is 2.59. The van der Waals surface area contributed by atoms with E-state index in [1.165, 1.54) is 6.92 Å². The first kappa shape index (κ1) is 23.9. The van der Waals surface area contributed by atoms with Gasteiger partial charge in [0, 0.05) is 20.1 Å². The monoisotopic (exact) mass is 362 g/mol. The Labute approximate surface area is 150 Å². The molecule has 0 fully saturated rings. The van der Waals surface area contributed by atoms with Crippen LogP contribution in [0, 0.1) is 0 Å². The molecule has 148 valence electrons. The molecule has 25 heavy (non-hydrogen) atoms. The van der Waals surface area contributed by atoms with Gasteiger partial charge < -0.3 is 30.0 Å². The summed E-state index contributed by atoms with van der Waals surface area (Å²) in [7, 11) is 1.63. The van der Waals surface area contributed by atoms with Crippen LogP contribution in [0.25, 0.3) is 0 Å². The van der Waals surface area contributed by atoms with Crippen molar-refractivity contribution in [2.24, 2.45) is 5.73 Å². The van der Waals surface area contributed by atoms with Crippen LogP contribution in [0.3, 0.4) is 0 Å². The van der Waals surface area contributed by atoms with Crippen molar-refractivity contribution in [3.63, 3.8) is 0 Å². The van der Waals surface area contributed by atoms with Gasteiger partial charge in [0.1, 0.15) is 5.78 Å². The highest BCUT2D eigenvalue weighted by molar-refractivity contribution is 5.81. The van der Waals surface area contributed by atoms with Crippen molar-refractivity contribution in [3.8, 4) is 0 Å². The fourth-order valence-electron chi connectivity index (χ4n) is 1.86. The molecule has 0 heterocycles. The molecule has 0 rings (SSSR count). The van der Waals surface area contributed by atoms with Crippen LogP contribution in [0.2, 0.25) is 0 Å². The first-order chi connectivity index (χ1) is 12.1. The Kier molecular flexibility index (Phi) is 17.0. The SMILES string of the molecule is COCCOCCOCCOCCC(=O)NCCCC[C@@H](N)C(C)=O. The van der Waals surface area contributed by atoms with Crippen molar-refractivity contribution in [2.45, 2.75) is 38.6 Å². The number of amides is 1. The Morgan fingerprint density at radius 3 is 2.04 bits per heavy atom. The lowest BCUT2D eigenvalue weighted by molar-refractivity contribution is -0.122. The minimum atomic E-state index is -0.386. The normalized spacial score (nSPS) is 12.1. The molecule has 0 saturated heterocycles. The zero-order valence-corrected chi connectivity index (χ0v) is 15.6. The third-order valence-corrected chi connectivity index (χ3v) is 3.44. The summed E-state index contributed by atoms with van der Waals surface area (Å²) >= 11 is 0. The van der Waals surface area contributed by atoms with E-state index >= 15 is 0 Å². The van der Waals surface area contributed by atoms with Crippen molar-refractivity contribution in [3.05, 3.63) is 0 Å². The molecule has 8 heteroatoms. The first-order valence-corrected chi connectivity index (χ1v) is 8.82. The van der Waals surface area contributed by atoms with Crippen molar-refractivity contribution >= 4 is 11.7 Å². The Balaban J connectivity index is 3.24. The van der Waals surface area contributed by atoms with Crippen LogP contribution in [-0.2, 0) is 28.5 Å². The van der Waals surface area contributed by atoms with E-state index in [9.17, 15) is 9.59 Å². The van der Waals surface area contributed by atoms with Gasteiger partial charge in [0.05, 0.1) is 52.3 Å². The molecule has 8 nitrogen and oxygen atoms in total. The summed E-state index contributed by atoms with van der Waals surface area (Å²) in [6.07, 6.45) is 2.62. The van der Waals surface area contributed by atoms with Crippen molar-refractivity contribution in [2.75, 3.05) is 59.9 Å². The molecular formula is C17H34N2O6. The van der Waals surface area contributed by atoms with E-state index < -0.39 is 0 Å². The highest BCUT2D eigenvalue weighted by Gasteiger charge is 2.07. The summed E-state index contributed by atoms with van der Waals surface area (Å²) in [5.41, 5.74) is 5.63. The van der Waals surface area contributed by atoms with E-state index in [2.05, 4.69) is 5.32 Å². The first-order valence-electron chi connectivity index (χ1n) is 8.82. The molecule has 1 atom stereocenters. The number of carbonyl (C=O) groups is 2. The van der Waals surface area contributed by atoms with Gasteiger partial charge in [-0.05, 0) is 26.2 Å². The van der Waals surface area contributed by atoms with E-state index in [0.29, 0.717) is 65.6 Å². The number of hydrogen-bond donors (Lipinski definition) is 2. The van der Waals surface area contributed by atoms with Gasteiger partial charge in [-0.3, -0.25) is 9.59 Å². The Hall–Kier alpha value is -1.06. The standard InChI is InChI=1S/C17H34N2O6/c1-15(20)16(18)5-3-4-7-19-17(21)6-8-23-11-12-25-14-13-24-10-9-22-2/h16H,3-14,18H2,1-2H3,(H,19,21)/t16-/m1/s1. The van der Waals surface area contributed by atoms with Crippen molar-refractivity contribution < 1.29 is 28.5 Å². The van der Waals surface area contributed by atoms with Crippen molar-refractivity contribution in [1.82, 2.24) is 5.32 Å². The van der Waals surface area contributed by atoms with Crippen LogP contribution in [0.4, 0.5) is 0 Å². The van der Waals surface area contributed by atoms with Crippen LogP contribution in [0.15, 0.2) is 0 Å². The van der Waals surface area contributed by atoms with Gasteiger partial charge in [-0.2, -0.15) is 0 Å². The molecule has 0 aromatic carbocycles. The summed E-state index contributed by atoms with van der Waals surface area (Å²) in [4.78, 5) is 22.6. The molecule has 0 spiro atoms. The van der Waals surface area contributed by atoms with E-state index in [0.717, 1.165) is 12.8 Å². The molecule has 0 saturated carbocycles. The molecular weight excluding hydrogens is 328 g/mol. The molecule has 0 unspecified atom stereocenters. The van der Waals surface area contributed by atoms with E-state index in [-0.39, 0.29) is 17.7 Å². The summed E-state index contributed by atoms with van der Waals surface area (Å²) in [6.45, 7) is 5.58. The van der Waals surface area contributed by atoms with Crippen LogP contribution in [0.5, 0.6) is 0 Å². The van der Waals surface area contributed by atoms with Gasteiger partial charge >= 0.3 is 0 Å². The number of ether oxygens (including phenoxy) is 4. The molecule has 0 aromatic rings. The molecule has 0 radical (unpaired) electrons. The lowest BCUT2D eigenvalue weighted by atomic mass is 10.1. The Bertz CT molecular complexity index is 341. The van der Waals surface area contributed by atoms with Crippen LogP contribution < -0.4 is 11.1 Å². The van der Waals surface area contributed by atoms with Gasteiger partial charge in [-0.1, -0.05) is 0 Å². The van der Waals surface area contributed by atoms with Crippen LogP contribution in [-0.4, -0.2) is 77.6 Å². The number of carbonyl (C=O) groups excluding carboxylic acids is 2. The molecule has 1 amide bonds. The molecule has 0 aromatic heterocycles. The number of nitrogens with two attached hydrogens (primary N) is 1. The topological polar surface area (TPSA) is 109 Å². The van der Waals surface area contributed by atoms with Gasteiger partial charge in [0.15, 0.2) is 0 Å². The minimum absolute atomic E-state index is 0.00350. The maximum absolute atomic E-state index is 11.6. The molecule has 0 bridgehead atoms. The lowest BCUT2D eigenvalue weighted by Crippen LogP contribution is -2.29. The van der Waals surface area contributed by atoms with Gasteiger partial charge in [-0.25, -0.2) is 0 Å². The second-order valence-electron chi connectivity index (χ2n) is 5.64. The predicted octanol–water partition coefficient (Wildman–Crippen LogP) is 0.276. The van der Waals surface area contributed by atoms with Crippen molar-refractivity contribution in [1.29, 1.82) is 0 Å². The van der Waals surface area contributed by atoms with E-state index in [1.54, 1.807) is 7.11 Å². The number of nitrogens with one attached hydrogen (secondary N) is 1. The molecule has 0 aliphatic carbocycles. The third-order valence-electron chi connectivity index (χ3n) is 3.44. The van der Waals surface area contributed by atoms with Gasteiger partial charge in [0.2, 0.25) is 5.91 Å². The number of ketones is 1. The highest BCUT2D eigenvalue weighted by Crippen LogP contribution is 1.99. The average molecular weight is 362 g/mol. The number of unbranched alkanes of at least 4 members (excludes halogenated alkanes) is 1. The lowest BCUT2D eigenvalue weighted by Gasteiger charge is -2.09. The summed E-state index contributed by atoms with van der Waals surface area (Å²) in [5, 5.41) is 2.82. The smallest absolute Gasteiger partial charge is 0.222 e. The maximum Gasteiger partial charge on any atom is 0.222 e. The largest absolute Gasteiger partial charge is 0.382 e. The summed E-state index contributed by atoms with van der Waals surface area (Å²) in [5.74, 6) is -0.0351. The van der Waals surface area contributed by atoms with Crippen LogP contribution >= 0.6 is 0 Å². The predicted molar refractivity (Wildman–Crippen MR) is 94.5 cm³/mol. The fourth-order valence-corrected chi connectivity index (χ4v) is 1.86. The summed E-state index contributed by atoms with van der Waals surface area (Å²) in [6, 6.07) is -0.386. The Morgan fingerprint density at radius 2 is 1.48 bits per heavy atom. The second-order valence-corrected chi connectivity index (χ2v) is 5.64. The van der Waals surface area contributed by atoms with Gasteiger partial charge in [-0.15, -0.1) is 0 Å². The number of rotatable bonds is 18. The molecule has 0 aliphatic heterocycles. The highest BCUT2D eigenvalue weighted by atomic mass is 16.6. The zero-order chi connectivity index (χ0) is 18.8. The third kappa shape index (κ3) is 17.6.